The fraction of sp³-hybridized carbons (Fsp3) is 0. The number of aromatic nitrogens is 2. The van der Waals surface area contributed by atoms with Crippen molar-refractivity contribution in [1.29, 1.82) is 10.5 Å². The first-order valence-corrected chi connectivity index (χ1v) is 2.22. The van der Waals surface area contributed by atoms with Crippen molar-refractivity contribution in [3.8, 4) is 12.3 Å². The van der Waals surface area contributed by atoms with Crippen LogP contribution in [0.3, 0.4) is 0 Å². The molecular weight excluding hydrogens is 155 g/mol. The maximum absolute atomic E-state index is 8.26. The number of nitriles is 2. The van der Waals surface area contributed by atoms with Crippen LogP contribution >= 0.6 is 0 Å². The van der Waals surface area contributed by atoms with Gasteiger partial charge in [-0.25, -0.2) is 9.55 Å². The fourth-order valence-electron chi connectivity index (χ4n) is 0.467. The summed E-state index contributed by atoms with van der Waals surface area (Å²) >= 11 is 0. The molecule has 1 aromatic heterocycles. The van der Waals surface area contributed by atoms with E-state index in [0.29, 0.717) is 0 Å². The summed E-state index contributed by atoms with van der Waals surface area (Å²) in [5, 5.41) is 16.5. The molecule has 4 nitrogen and oxygen atoms in total. The Morgan fingerprint density at radius 2 is 2.20 bits per heavy atom. The summed E-state index contributed by atoms with van der Waals surface area (Å²) in [7, 11) is 0. The van der Waals surface area contributed by atoms with Crippen molar-refractivity contribution >= 4 is 51.4 Å². The van der Waals surface area contributed by atoms with Crippen LogP contribution in [0.4, 0.5) is 0 Å². The van der Waals surface area contributed by atoms with Gasteiger partial charge in [0.05, 0.1) is 0 Å². The molecule has 1 aromatic rings. The molecule has 5 heteroatoms. The Bertz CT molecular complexity index is 261. The number of hydrogen-bond acceptors (Lipinski definition) is 3. The van der Waals surface area contributed by atoms with Gasteiger partial charge in [-0.05, 0) is 0 Å². The van der Waals surface area contributed by atoms with Gasteiger partial charge in [-0.2, -0.15) is 10.5 Å². The second-order valence-corrected chi connectivity index (χ2v) is 1.33. The van der Waals surface area contributed by atoms with E-state index in [1.165, 1.54) is 12.4 Å². The molecule has 0 aliphatic heterocycles. The molecule has 0 radical (unpaired) electrons. The summed E-state index contributed by atoms with van der Waals surface area (Å²) in [6, 6.07) is 1.76. The Balaban J connectivity index is 0.000000810. The molecule has 0 N–H and O–H groups in total. The van der Waals surface area contributed by atoms with Gasteiger partial charge in [0.1, 0.15) is 6.07 Å². The maximum atomic E-state index is 8.26. The van der Waals surface area contributed by atoms with Crippen LogP contribution in [0, 0.1) is 22.8 Å². The van der Waals surface area contributed by atoms with Gasteiger partial charge in [-0.1, -0.05) is 0 Å². The van der Waals surface area contributed by atoms with Crippen LogP contribution in [0.2, 0.25) is 0 Å². The van der Waals surface area contributed by atoms with Crippen LogP contribution in [0.15, 0.2) is 12.4 Å². The molecule has 0 amide bonds. The van der Waals surface area contributed by atoms with Crippen LogP contribution in [-0.4, -0.2) is 60.9 Å². The summed E-state index contributed by atoms with van der Waals surface area (Å²) in [5.41, 5.74) is 0. The molecule has 0 fully saturated rings. The van der Waals surface area contributed by atoms with Gasteiger partial charge in [0.15, 0.2) is 6.19 Å². The Morgan fingerprint density at radius 1 is 1.50 bits per heavy atom. The van der Waals surface area contributed by atoms with E-state index < -0.39 is 0 Å². The van der Waals surface area contributed by atoms with E-state index in [9.17, 15) is 0 Å². The van der Waals surface area contributed by atoms with E-state index in [-0.39, 0.29) is 57.2 Å². The monoisotopic (exact) mass is 158 g/mol. The van der Waals surface area contributed by atoms with Gasteiger partial charge in [0.25, 0.3) is 0 Å². The molecule has 1 rings (SSSR count). The van der Waals surface area contributed by atoms with E-state index in [1.54, 1.807) is 12.3 Å². The van der Waals surface area contributed by atoms with Crippen molar-refractivity contribution in [3.05, 3.63) is 18.2 Å². The summed E-state index contributed by atoms with van der Waals surface area (Å²) in [4.78, 5) is 3.58. The number of imidazole rings is 1. The molecule has 44 valence electrons. The quantitative estimate of drug-likeness (QED) is 0.475. The van der Waals surface area contributed by atoms with Gasteiger partial charge in [-0.15, -0.1) is 0 Å². The zero-order chi connectivity index (χ0) is 6.69. The van der Waals surface area contributed by atoms with E-state index >= 15 is 0 Å². The summed E-state index contributed by atoms with van der Waals surface area (Å²) < 4.78 is 1.10. The fourth-order valence-corrected chi connectivity index (χ4v) is 0.467. The third-order valence-corrected chi connectivity index (χ3v) is 0.848. The molecule has 0 saturated carbocycles. The summed E-state index contributed by atoms with van der Waals surface area (Å²) in [5.74, 6) is 0.123. The molecule has 0 bridgehead atoms. The van der Waals surface area contributed by atoms with Gasteiger partial charge in [0.2, 0.25) is 5.82 Å². The first-order valence-electron chi connectivity index (χ1n) is 2.22. The van der Waals surface area contributed by atoms with Crippen molar-refractivity contribution in [2.75, 3.05) is 0 Å². The van der Waals surface area contributed by atoms with Crippen molar-refractivity contribution < 1.29 is 0 Å². The first kappa shape index (κ1) is 9.83. The van der Waals surface area contributed by atoms with Crippen LogP contribution in [0.1, 0.15) is 5.82 Å². The van der Waals surface area contributed by atoms with Crippen LogP contribution in [0.25, 0.3) is 0 Å². The normalized spacial score (nSPS) is 7.00. The van der Waals surface area contributed by atoms with E-state index in [2.05, 4.69) is 4.98 Å². The minimum atomic E-state index is 0. The molecule has 0 aromatic carbocycles. The Hall–Kier alpha value is -0.174. The van der Waals surface area contributed by atoms with Gasteiger partial charge in [-0.3, -0.25) is 0 Å². The Morgan fingerprint density at radius 3 is 2.60 bits per heavy atom. The average molecular weight is 158 g/mol. The van der Waals surface area contributed by atoms with Crippen LogP contribution in [-0.2, 0) is 0 Å². The number of hydrogen-bond donors (Lipinski definition) is 0. The van der Waals surface area contributed by atoms with Crippen LogP contribution in [0.5, 0.6) is 0 Å². The molecule has 0 saturated heterocycles. The third kappa shape index (κ3) is 1.91. The Labute approximate surface area is 101 Å². The predicted molar refractivity (Wildman–Crippen MR) is 35.1 cm³/mol. The predicted octanol–water partition coefficient (Wildman–Crippen LogP) is -0.565. The van der Waals surface area contributed by atoms with Crippen molar-refractivity contribution in [3.63, 3.8) is 0 Å². The second-order valence-electron chi connectivity index (χ2n) is 1.33. The molecule has 0 aliphatic carbocycles. The molecule has 1 heterocycles. The first-order chi connectivity index (χ1) is 4.38. The third-order valence-electron chi connectivity index (χ3n) is 0.848. The number of rotatable bonds is 0. The summed E-state index contributed by atoms with van der Waals surface area (Å²) in [6.07, 6.45) is 4.59. The van der Waals surface area contributed by atoms with Crippen molar-refractivity contribution in [2.24, 2.45) is 0 Å². The Kier molecular flexibility index (Phi) is 4.53. The topological polar surface area (TPSA) is 65.4 Å². The molecule has 0 spiro atoms. The van der Waals surface area contributed by atoms with E-state index in [0.717, 1.165) is 4.57 Å². The van der Waals surface area contributed by atoms with Crippen molar-refractivity contribution in [2.45, 2.75) is 0 Å². The van der Waals surface area contributed by atoms with E-state index in [4.69, 9.17) is 10.5 Å². The molecule has 10 heavy (non-hydrogen) atoms. The molecule has 0 aliphatic rings. The number of nitrogens with zero attached hydrogens (tertiary/aromatic N) is 4. The van der Waals surface area contributed by atoms with Gasteiger partial charge in [0, 0.05) is 12.4 Å². The zero-order valence-corrected chi connectivity index (χ0v) is 4.44. The SMILES string of the molecule is N#Cc1nccn1C#N.[KH]. The summed E-state index contributed by atoms with van der Waals surface area (Å²) in [6.45, 7) is 0. The average Bonchev–Trinajstić information content (AvgIpc) is 2.33. The molecular formula is C5H3KN4. The second kappa shape index (κ2) is 4.61. The molecule has 0 unspecified atom stereocenters. The minimum absolute atomic E-state index is 0. The van der Waals surface area contributed by atoms with Gasteiger partial charge < -0.3 is 0 Å². The van der Waals surface area contributed by atoms with E-state index in [1.807, 2.05) is 0 Å². The standard InChI is InChI=1S/C5H2N4.K.H/c6-3-5-8-1-2-9(5)4-7;;/h1-2H;;. The van der Waals surface area contributed by atoms with Crippen molar-refractivity contribution in [1.82, 2.24) is 9.55 Å². The molecule has 0 atom stereocenters. The van der Waals surface area contributed by atoms with Crippen LogP contribution < -0.4 is 0 Å². The van der Waals surface area contributed by atoms with Gasteiger partial charge >= 0.3 is 51.4 Å². The zero-order valence-electron chi connectivity index (χ0n) is 4.44.